The summed E-state index contributed by atoms with van der Waals surface area (Å²) >= 11 is 6.04. The Morgan fingerprint density at radius 2 is 1.70 bits per heavy atom. The molecule has 1 atom stereocenters. The third-order valence-corrected chi connectivity index (χ3v) is 4.51. The van der Waals surface area contributed by atoms with E-state index in [9.17, 15) is 9.59 Å². The maximum atomic E-state index is 13.0. The Labute approximate surface area is 166 Å². The molecular formula is C22H27ClN2O2. The van der Waals surface area contributed by atoms with E-state index in [4.69, 9.17) is 11.6 Å². The third kappa shape index (κ3) is 6.40. The van der Waals surface area contributed by atoms with Gasteiger partial charge in [0.05, 0.1) is 6.42 Å². The molecule has 0 aliphatic heterocycles. The molecule has 2 amide bonds. The normalized spacial score (nSPS) is 11.9. The van der Waals surface area contributed by atoms with Crippen LogP contribution in [-0.2, 0) is 22.6 Å². The number of amides is 2. The van der Waals surface area contributed by atoms with Crippen molar-refractivity contribution in [3.8, 4) is 0 Å². The van der Waals surface area contributed by atoms with Gasteiger partial charge in [0.1, 0.15) is 6.04 Å². The highest BCUT2D eigenvalue weighted by Gasteiger charge is 2.26. The van der Waals surface area contributed by atoms with Crippen LogP contribution in [0.2, 0.25) is 5.02 Å². The van der Waals surface area contributed by atoms with Crippen molar-refractivity contribution in [2.75, 3.05) is 0 Å². The van der Waals surface area contributed by atoms with Crippen LogP contribution in [0.3, 0.4) is 0 Å². The monoisotopic (exact) mass is 386 g/mol. The zero-order valence-corrected chi connectivity index (χ0v) is 17.1. The first kappa shape index (κ1) is 21.0. The molecule has 0 aliphatic carbocycles. The number of hydrogen-bond donors (Lipinski definition) is 1. The van der Waals surface area contributed by atoms with Crippen molar-refractivity contribution in [2.24, 2.45) is 0 Å². The Balaban J connectivity index is 2.24. The fourth-order valence-corrected chi connectivity index (χ4v) is 3.13. The molecule has 27 heavy (non-hydrogen) atoms. The van der Waals surface area contributed by atoms with Gasteiger partial charge in [-0.05, 0) is 51.0 Å². The number of nitrogens with one attached hydrogen (secondary N) is 1. The lowest BCUT2D eigenvalue weighted by atomic mass is 10.1. The van der Waals surface area contributed by atoms with Crippen LogP contribution in [0.5, 0.6) is 0 Å². The predicted octanol–water partition coefficient (Wildman–Crippen LogP) is 4.13. The van der Waals surface area contributed by atoms with E-state index in [2.05, 4.69) is 5.32 Å². The van der Waals surface area contributed by atoms with Crippen molar-refractivity contribution < 1.29 is 9.59 Å². The molecule has 1 unspecified atom stereocenters. The highest BCUT2D eigenvalue weighted by molar-refractivity contribution is 6.30. The Morgan fingerprint density at radius 3 is 2.33 bits per heavy atom. The number of carbonyl (C=O) groups is 2. The van der Waals surface area contributed by atoms with E-state index >= 15 is 0 Å². The number of halogens is 1. The van der Waals surface area contributed by atoms with Crippen LogP contribution < -0.4 is 5.32 Å². The van der Waals surface area contributed by atoms with Gasteiger partial charge in [0, 0.05) is 17.6 Å². The van der Waals surface area contributed by atoms with Crippen LogP contribution in [-0.4, -0.2) is 28.8 Å². The fraction of sp³-hybridized carbons (Fsp3) is 0.364. The lowest BCUT2D eigenvalue weighted by Crippen LogP contribution is -2.49. The van der Waals surface area contributed by atoms with E-state index in [-0.39, 0.29) is 24.3 Å². The molecule has 0 aromatic heterocycles. The minimum atomic E-state index is -0.570. The molecule has 0 saturated heterocycles. The lowest BCUT2D eigenvalue weighted by molar-refractivity contribution is -0.140. The number of carbonyl (C=O) groups excluding carboxylic acids is 2. The summed E-state index contributed by atoms with van der Waals surface area (Å²) in [5, 5.41) is 3.49. The Morgan fingerprint density at radius 1 is 1.04 bits per heavy atom. The average molecular weight is 387 g/mol. The minimum Gasteiger partial charge on any atom is -0.352 e. The number of benzene rings is 2. The van der Waals surface area contributed by atoms with Crippen molar-refractivity contribution in [1.29, 1.82) is 0 Å². The summed E-state index contributed by atoms with van der Waals surface area (Å²) in [6.07, 6.45) is 0.200. The summed E-state index contributed by atoms with van der Waals surface area (Å²) in [4.78, 5) is 27.2. The molecule has 5 heteroatoms. The van der Waals surface area contributed by atoms with Gasteiger partial charge in [0.25, 0.3) is 0 Å². The molecule has 2 aromatic carbocycles. The summed E-state index contributed by atoms with van der Waals surface area (Å²) in [6, 6.07) is 14.7. The first-order valence-corrected chi connectivity index (χ1v) is 9.54. The maximum Gasteiger partial charge on any atom is 0.242 e. The molecule has 144 valence electrons. The van der Waals surface area contributed by atoms with Crippen LogP contribution in [0.1, 0.15) is 37.5 Å². The maximum absolute atomic E-state index is 13.0. The van der Waals surface area contributed by atoms with E-state index in [0.717, 1.165) is 16.7 Å². The topological polar surface area (TPSA) is 49.4 Å². The second-order valence-corrected chi connectivity index (χ2v) is 7.59. The summed E-state index contributed by atoms with van der Waals surface area (Å²) < 4.78 is 0. The molecule has 0 saturated carbocycles. The molecule has 1 N–H and O–H groups in total. The Bertz CT molecular complexity index is 804. The lowest BCUT2D eigenvalue weighted by Gasteiger charge is -2.29. The number of aryl methyl sites for hydroxylation is 1. The van der Waals surface area contributed by atoms with Crippen molar-refractivity contribution in [3.05, 3.63) is 70.2 Å². The minimum absolute atomic E-state index is 0.0174. The van der Waals surface area contributed by atoms with Gasteiger partial charge in [0.2, 0.25) is 11.8 Å². The van der Waals surface area contributed by atoms with Gasteiger partial charge in [-0.3, -0.25) is 9.59 Å². The standard InChI is InChI=1S/C22H27ClN2O2/c1-15(2)24-22(27)17(4)25(14-19-9-5-7-16(3)11-19)21(26)13-18-8-6-10-20(23)12-18/h5-12,15,17H,13-14H2,1-4H3,(H,24,27). The highest BCUT2D eigenvalue weighted by Crippen LogP contribution is 2.16. The van der Waals surface area contributed by atoms with Gasteiger partial charge in [-0.1, -0.05) is 53.6 Å². The van der Waals surface area contributed by atoms with Crippen molar-refractivity contribution in [3.63, 3.8) is 0 Å². The Hall–Kier alpha value is -2.33. The second kappa shape index (κ2) is 9.56. The quantitative estimate of drug-likeness (QED) is 0.777. The predicted molar refractivity (Wildman–Crippen MR) is 110 cm³/mol. The SMILES string of the molecule is Cc1cccc(CN(C(=O)Cc2cccc(Cl)c2)C(C)C(=O)NC(C)C)c1. The van der Waals surface area contributed by atoms with Crippen LogP contribution >= 0.6 is 11.6 Å². The smallest absolute Gasteiger partial charge is 0.242 e. The Kier molecular flexibility index (Phi) is 7.43. The summed E-state index contributed by atoms with van der Waals surface area (Å²) in [5.74, 6) is -0.262. The average Bonchev–Trinajstić information content (AvgIpc) is 2.58. The third-order valence-electron chi connectivity index (χ3n) is 4.28. The number of nitrogens with zero attached hydrogens (tertiary/aromatic N) is 1. The molecule has 0 aliphatic rings. The van der Waals surface area contributed by atoms with Crippen LogP contribution in [0.15, 0.2) is 48.5 Å². The van der Waals surface area contributed by atoms with Gasteiger partial charge < -0.3 is 10.2 Å². The second-order valence-electron chi connectivity index (χ2n) is 7.16. The number of hydrogen-bond acceptors (Lipinski definition) is 2. The highest BCUT2D eigenvalue weighted by atomic mass is 35.5. The molecule has 0 spiro atoms. The largest absolute Gasteiger partial charge is 0.352 e. The van der Waals surface area contributed by atoms with Gasteiger partial charge in [-0.15, -0.1) is 0 Å². The summed E-state index contributed by atoms with van der Waals surface area (Å²) in [7, 11) is 0. The van der Waals surface area contributed by atoms with Crippen molar-refractivity contribution in [1.82, 2.24) is 10.2 Å². The molecule has 0 fully saturated rings. The fourth-order valence-electron chi connectivity index (χ4n) is 2.92. The zero-order chi connectivity index (χ0) is 20.0. The summed E-state index contributed by atoms with van der Waals surface area (Å²) in [6.45, 7) is 7.97. The molecule has 0 heterocycles. The first-order chi connectivity index (χ1) is 12.8. The van der Waals surface area contributed by atoms with Crippen LogP contribution in [0.25, 0.3) is 0 Å². The van der Waals surface area contributed by atoms with Crippen LogP contribution in [0.4, 0.5) is 0 Å². The number of rotatable bonds is 7. The molecule has 0 radical (unpaired) electrons. The molecular weight excluding hydrogens is 360 g/mol. The molecule has 2 aromatic rings. The van der Waals surface area contributed by atoms with E-state index in [1.54, 1.807) is 24.0 Å². The van der Waals surface area contributed by atoms with E-state index in [1.807, 2.05) is 57.2 Å². The van der Waals surface area contributed by atoms with Gasteiger partial charge in [-0.2, -0.15) is 0 Å². The van der Waals surface area contributed by atoms with Crippen molar-refractivity contribution >= 4 is 23.4 Å². The van der Waals surface area contributed by atoms with Crippen LogP contribution in [0, 0.1) is 6.92 Å². The van der Waals surface area contributed by atoms with Gasteiger partial charge in [-0.25, -0.2) is 0 Å². The molecule has 4 nitrogen and oxygen atoms in total. The van der Waals surface area contributed by atoms with E-state index < -0.39 is 6.04 Å². The summed E-state index contributed by atoms with van der Waals surface area (Å²) in [5.41, 5.74) is 2.95. The van der Waals surface area contributed by atoms with E-state index in [1.165, 1.54) is 0 Å². The van der Waals surface area contributed by atoms with Crippen molar-refractivity contribution in [2.45, 2.75) is 52.7 Å². The first-order valence-electron chi connectivity index (χ1n) is 9.16. The molecule has 2 rings (SSSR count). The molecule has 0 bridgehead atoms. The van der Waals surface area contributed by atoms with Gasteiger partial charge in [0.15, 0.2) is 0 Å². The van der Waals surface area contributed by atoms with E-state index in [0.29, 0.717) is 11.6 Å². The zero-order valence-electron chi connectivity index (χ0n) is 16.3. The van der Waals surface area contributed by atoms with Gasteiger partial charge >= 0.3 is 0 Å².